The van der Waals surface area contributed by atoms with Crippen molar-refractivity contribution in [2.75, 3.05) is 0 Å². The lowest BCUT2D eigenvalue weighted by Gasteiger charge is -2.08. The first-order chi connectivity index (χ1) is 9.56. The van der Waals surface area contributed by atoms with Crippen molar-refractivity contribution in [3.05, 3.63) is 56.1 Å². The maximum absolute atomic E-state index is 13.3. The first-order valence-electron chi connectivity index (χ1n) is 6.35. The molecular formula is C14H12ClFN2O2. The Morgan fingerprint density at radius 1 is 1.35 bits per heavy atom. The van der Waals surface area contributed by atoms with Crippen LogP contribution in [0.4, 0.5) is 4.39 Å². The SMILES string of the molecule is O=c1[nH]c(Cl)c(-c2cccc(F)c2)c(=O)n1CC1CC1. The molecule has 0 aliphatic heterocycles. The van der Waals surface area contributed by atoms with Crippen molar-refractivity contribution in [2.24, 2.45) is 5.92 Å². The summed E-state index contributed by atoms with van der Waals surface area (Å²) in [6.07, 6.45) is 2.04. The van der Waals surface area contributed by atoms with E-state index < -0.39 is 17.1 Å². The number of halogens is 2. The van der Waals surface area contributed by atoms with E-state index in [0.29, 0.717) is 18.0 Å². The van der Waals surface area contributed by atoms with E-state index in [0.717, 1.165) is 17.4 Å². The molecule has 0 bridgehead atoms. The van der Waals surface area contributed by atoms with Crippen molar-refractivity contribution in [1.82, 2.24) is 9.55 Å². The average Bonchev–Trinajstić information content (AvgIpc) is 3.18. The summed E-state index contributed by atoms with van der Waals surface area (Å²) in [6.45, 7) is 0.383. The third kappa shape index (κ3) is 2.41. The van der Waals surface area contributed by atoms with Crippen molar-refractivity contribution >= 4 is 11.6 Å². The molecule has 1 aromatic heterocycles. The second-order valence-electron chi connectivity index (χ2n) is 4.99. The number of rotatable bonds is 3. The van der Waals surface area contributed by atoms with Crippen LogP contribution < -0.4 is 11.2 Å². The molecule has 3 rings (SSSR count). The summed E-state index contributed by atoms with van der Waals surface area (Å²) in [4.78, 5) is 26.7. The molecule has 1 aliphatic rings. The largest absolute Gasteiger partial charge is 0.329 e. The maximum Gasteiger partial charge on any atom is 0.329 e. The Balaban J connectivity index is 2.19. The first-order valence-corrected chi connectivity index (χ1v) is 6.72. The van der Waals surface area contributed by atoms with Crippen LogP contribution in [0, 0.1) is 11.7 Å². The molecule has 104 valence electrons. The van der Waals surface area contributed by atoms with Crippen LogP contribution in [-0.4, -0.2) is 9.55 Å². The molecule has 1 aliphatic carbocycles. The van der Waals surface area contributed by atoms with Gasteiger partial charge in [0.15, 0.2) is 0 Å². The normalized spacial score (nSPS) is 14.5. The monoisotopic (exact) mass is 294 g/mol. The van der Waals surface area contributed by atoms with Gasteiger partial charge in [-0.25, -0.2) is 9.18 Å². The average molecular weight is 295 g/mol. The van der Waals surface area contributed by atoms with Gasteiger partial charge in [-0.05, 0) is 36.5 Å². The fourth-order valence-corrected chi connectivity index (χ4v) is 2.43. The smallest absolute Gasteiger partial charge is 0.297 e. The van der Waals surface area contributed by atoms with Crippen LogP contribution in [0.3, 0.4) is 0 Å². The van der Waals surface area contributed by atoms with Crippen molar-refractivity contribution < 1.29 is 4.39 Å². The highest BCUT2D eigenvalue weighted by molar-refractivity contribution is 6.32. The van der Waals surface area contributed by atoms with Gasteiger partial charge >= 0.3 is 5.69 Å². The number of hydrogen-bond donors (Lipinski definition) is 1. The Bertz CT molecular complexity index is 777. The molecular weight excluding hydrogens is 283 g/mol. The highest BCUT2D eigenvalue weighted by Gasteiger charge is 2.24. The molecule has 1 N–H and O–H groups in total. The molecule has 20 heavy (non-hydrogen) atoms. The minimum atomic E-state index is -0.521. The van der Waals surface area contributed by atoms with E-state index in [1.54, 1.807) is 6.07 Å². The van der Waals surface area contributed by atoms with Crippen LogP contribution in [0.15, 0.2) is 33.9 Å². The van der Waals surface area contributed by atoms with Gasteiger partial charge in [-0.3, -0.25) is 14.3 Å². The quantitative estimate of drug-likeness (QED) is 0.884. The van der Waals surface area contributed by atoms with E-state index in [-0.39, 0.29) is 10.7 Å². The summed E-state index contributed by atoms with van der Waals surface area (Å²) in [5.74, 6) is -0.0896. The Morgan fingerprint density at radius 2 is 2.10 bits per heavy atom. The van der Waals surface area contributed by atoms with E-state index in [4.69, 9.17) is 11.6 Å². The predicted octanol–water partition coefficient (Wildman–Crippen LogP) is 2.41. The van der Waals surface area contributed by atoms with Crippen molar-refractivity contribution in [2.45, 2.75) is 19.4 Å². The zero-order valence-corrected chi connectivity index (χ0v) is 11.3. The molecule has 0 spiro atoms. The molecule has 1 aromatic carbocycles. The Labute approximate surface area is 118 Å². The lowest BCUT2D eigenvalue weighted by Crippen LogP contribution is -2.36. The number of benzene rings is 1. The molecule has 0 amide bonds. The standard InChI is InChI=1S/C14H12ClFN2O2/c15-12-11(9-2-1-3-10(16)6-9)13(19)18(14(20)17-12)7-8-4-5-8/h1-3,6,8H,4-5,7H2,(H,17,20). The Morgan fingerprint density at radius 3 is 2.75 bits per heavy atom. The summed E-state index contributed by atoms with van der Waals surface area (Å²) < 4.78 is 14.4. The molecule has 1 fully saturated rings. The second kappa shape index (κ2) is 4.90. The zero-order valence-electron chi connectivity index (χ0n) is 10.5. The van der Waals surface area contributed by atoms with Gasteiger partial charge in [0.2, 0.25) is 0 Å². The third-order valence-corrected chi connectivity index (χ3v) is 3.67. The minimum absolute atomic E-state index is 0.0577. The number of hydrogen-bond acceptors (Lipinski definition) is 2. The number of aromatic amines is 1. The van der Waals surface area contributed by atoms with Crippen LogP contribution in [0.1, 0.15) is 12.8 Å². The topological polar surface area (TPSA) is 54.9 Å². The van der Waals surface area contributed by atoms with Crippen molar-refractivity contribution in [3.63, 3.8) is 0 Å². The van der Waals surface area contributed by atoms with Gasteiger partial charge in [-0.1, -0.05) is 23.7 Å². The van der Waals surface area contributed by atoms with Gasteiger partial charge in [0.05, 0.1) is 5.56 Å². The molecule has 1 saturated carbocycles. The predicted molar refractivity (Wildman–Crippen MR) is 74.5 cm³/mol. The molecule has 0 atom stereocenters. The summed E-state index contributed by atoms with van der Waals surface area (Å²) in [7, 11) is 0. The fraction of sp³-hybridized carbons (Fsp3) is 0.286. The molecule has 4 nitrogen and oxygen atoms in total. The highest BCUT2D eigenvalue weighted by atomic mass is 35.5. The molecule has 1 heterocycles. The van der Waals surface area contributed by atoms with Gasteiger partial charge in [0.25, 0.3) is 5.56 Å². The molecule has 0 unspecified atom stereocenters. The van der Waals surface area contributed by atoms with Crippen molar-refractivity contribution in [1.29, 1.82) is 0 Å². The maximum atomic E-state index is 13.3. The van der Waals surface area contributed by atoms with Gasteiger partial charge in [-0.2, -0.15) is 0 Å². The van der Waals surface area contributed by atoms with E-state index in [1.165, 1.54) is 18.2 Å². The van der Waals surface area contributed by atoms with Crippen LogP contribution >= 0.6 is 11.6 Å². The molecule has 0 radical (unpaired) electrons. The lowest BCUT2D eigenvalue weighted by atomic mass is 10.1. The minimum Gasteiger partial charge on any atom is -0.297 e. The van der Waals surface area contributed by atoms with Gasteiger partial charge in [0, 0.05) is 6.54 Å². The van der Waals surface area contributed by atoms with E-state index in [9.17, 15) is 14.0 Å². The second-order valence-corrected chi connectivity index (χ2v) is 5.37. The lowest BCUT2D eigenvalue weighted by molar-refractivity contribution is 0.576. The van der Waals surface area contributed by atoms with Crippen molar-refractivity contribution in [3.8, 4) is 11.1 Å². The Hall–Kier alpha value is -1.88. The number of H-pyrrole nitrogens is 1. The van der Waals surface area contributed by atoms with Gasteiger partial charge in [-0.15, -0.1) is 0 Å². The first kappa shape index (κ1) is 13.1. The summed E-state index contributed by atoms with van der Waals surface area (Å²) in [5, 5.41) is -0.0577. The van der Waals surface area contributed by atoms with Gasteiger partial charge in [0.1, 0.15) is 11.0 Å². The highest BCUT2D eigenvalue weighted by Crippen LogP contribution is 2.30. The molecule has 0 saturated heterocycles. The van der Waals surface area contributed by atoms with Crippen LogP contribution in [0.5, 0.6) is 0 Å². The number of nitrogens with zero attached hydrogens (tertiary/aromatic N) is 1. The Kier molecular flexibility index (Phi) is 3.22. The zero-order chi connectivity index (χ0) is 14.3. The molecule has 6 heteroatoms. The summed E-state index contributed by atoms with van der Waals surface area (Å²) in [5.41, 5.74) is -0.504. The van der Waals surface area contributed by atoms with Crippen LogP contribution in [0.2, 0.25) is 5.15 Å². The van der Waals surface area contributed by atoms with Crippen LogP contribution in [-0.2, 0) is 6.54 Å². The van der Waals surface area contributed by atoms with E-state index in [2.05, 4.69) is 4.98 Å². The number of aromatic nitrogens is 2. The number of nitrogens with one attached hydrogen (secondary N) is 1. The summed E-state index contributed by atoms with van der Waals surface area (Å²) in [6, 6.07) is 5.59. The fourth-order valence-electron chi connectivity index (χ4n) is 2.16. The van der Waals surface area contributed by atoms with E-state index in [1.807, 2.05) is 0 Å². The van der Waals surface area contributed by atoms with E-state index >= 15 is 0 Å². The van der Waals surface area contributed by atoms with Crippen LogP contribution in [0.25, 0.3) is 11.1 Å². The van der Waals surface area contributed by atoms with Gasteiger partial charge < -0.3 is 0 Å². The molecule has 2 aromatic rings. The summed E-state index contributed by atoms with van der Waals surface area (Å²) >= 11 is 5.95. The third-order valence-electron chi connectivity index (χ3n) is 3.39.